The number of benzene rings is 1. The Balaban J connectivity index is 2.79. The highest BCUT2D eigenvalue weighted by Crippen LogP contribution is 2.29. The SMILES string of the molecule is N[C@H](C[C@H](O)c1cc(Cl)cc(Cl)c1)C(F)(F)F. The van der Waals surface area contributed by atoms with Gasteiger partial charge in [0.2, 0.25) is 0 Å². The fourth-order valence-corrected chi connectivity index (χ4v) is 1.82. The molecule has 17 heavy (non-hydrogen) atoms. The lowest BCUT2D eigenvalue weighted by Gasteiger charge is -2.19. The van der Waals surface area contributed by atoms with Gasteiger partial charge in [0.25, 0.3) is 0 Å². The Morgan fingerprint density at radius 2 is 1.65 bits per heavy atom. The first-order valence-corrected chi connectivity index (χ1v) is 5.42. The Labute approximate surface area is 106 Å². The molecule has 1 aromatic rings. The van der Waals surface area contributed by atoms with Crippen LogP contribution in [0.3, 0.4) is 0 Å². The lowest BCUT2D eigenvalue weighted by atomic mass is 10.0. The van der Waals surface area contributed by atoms with Crippen LogP contribution in [0.5, 0.6) is 0 Å². The van der Waals surface area contributed by atoms with Crippen LogP contribution in [-0.4, -0.2) is 17.3 Å². The number of hydrogen-bond acceptors (Lipinski definition) is 2. The van der Waals surface area contributed by atoms with Crippen molar-refractivity contribution in [3.63, 3.8) is 0 Å². The van der Waals surface area contributed by atoms with E-state index in [1.165, 1.54) is 18.2 Å². The molecule has 0 aliphatic heterocycles. The summed E-state index contributed by atoms with van der Waals surface area (Å²) in [6.45, 7) is 0. The van der Waals surface area contributed by atoms with Gasteiger partial charge in [-0.2, -0.15) is 13.2 Å². The predicted molar refractivity (Wildman–Crippen MR) is 60.1 cm³/mol. The number of hydrogen-bond donors (Lipinski definition) is 2. The summed E-state index contributed by atoms with van der Waals surface area (Å²) in [5, 5.41) is 10.1. The fraction of sp³-hybridized carbons (Fsp3) is 0.400. The van der Waals surface area contributed by atoms with Crippen LogP contribution >= 0.6 is 23.2 Å². The van der Waals surface area contributed by atoms with Crippen LogP contribution < -0.4 is 5.73 Å². The van der Waals surface area contributed by atoms with Crippen molar-refractivity contribution in [2.75, 3.05) is 0 Å². The molecular formula is C10H10Cl2F3NO. The van der Waals surface area contributed by atoms with E-state index < -0.39 is 24.7 Å². The minimum absolute atomic E-state index is 0.210. The minimum atomic E-state index is -4.54. The van der Waals surface area contributed by atoms with E-state index in [1.807, 2.05) is 0 Å². The molecule has 0 unspecified atom stereocenters. The van der Waals surface area contributed by atoms with Crippen LogP contribution in [0.2, 0.25) is 10.0 Å². The quantitative estimate of drug-likeness (QED) is 0.896. The van der Waals surface area contributed by atoms with Gasteiger partial charge in [-0.05, 0) is 23.8 Å². The molecule has 2 nitrogen and oxygen atoms in total. The zero-order valence-corrected chi connectivity index (χ0v) is 10.0. The number of nitrogens with two attached hydrogens (primary N) is 1. The van der Waals surface area contributed by atoms with Crippen molar-refractivity contribution in [3.05, 3.63) is 33.8 Å². The van der Waals surface area contributed by atoms with Crippen LogP contribution in [0.15, 0.2) is 18.2 Å². The Hall–Kier alpha value is -0.490. The summed E-state index contributed by atoms with van der Waals surface area (Å²) in [6.07, 6.45) is -6.54. The Kier molecular flexibility index (Phi) is 4.66. The molecule has 1 rings (SSSR count). The first kappa shape index (κ1) is 14.6. The lowest BCUT2D eigenvalue weighted by molar-refractivity contribution is -0.153. The summed E-state index contributed by atoms with van der Waals surface area (Å²) in [4.78, 5) is 0. The van der Waals surface area contributed by atoms with Crippen LogP contribution in [-0.2, 0) is 0 Å². The van der Waals surface area contributed by atoms with Gasteiger partial charge >= 0.3 is 6.18 Å². The summed E-state index contributed by atoms with van der Waals surface area (Å²) in [6, 6.07) is 2.03. The molecule has 2 atom stereocenters. The van der Waals surface area contributed by atoms with Crippen LogP contribution in [0, 0.1) is 0 Å². The highest BCUT2D eigenvalue weighted by atomic mass is 35.5. The molecule has 0 saturated heterocycles. The van der Waals surface area contributed by atoms with E-state index >= 15 is 0 Å². The number of aliphatic hydroxyl groups excluding tert-OH is 1. The van der Waals surface area contributed by atoms with Gasteiger partial charge in [-0.15, -0.1) is 0 Å². The van der Waals surface area contributed by atoms with Crippen LogP contribution in [0.4, 0.5) is 13.2 Å². The molecule has 0 radical (unpaired) electrons. The molecule has 7 heteroatoms. The molecule has 0 amide bonds. The van der Waals surface area contributed by atoms with Crippen molar-refractivity contribution in [2.24, 2.45) is 5.73 Å². The zero-order valence-electron chi connectivity index (χ0n) is 8.51. The van der Waals surface area contributed by atoms with E-state index in [9.17, 15) is 18.3 Å². The Morgan fingerprint density at radius 3 is 2.06 bits per heavy atom. The molecule has 0 saturated carbocycles. The molecule has 3 N–H and O–H groups in total. The fourth-order valence-electron chi connectivity index (χ4n) is 1.28. The van der Waals surface area contributed by atoms with Crippen LogP contribution in [0.25, 0.3) is 0 Å². The number of alkyl halides is 3. The van der Waals surface area contributed by atoms with E-state index in [1.54, 1.807) is 0 Å². The van der Waals surface area contributed by atoms with E-state index in [4.69, 9.17) is 28.9 Å². The summed E-state index contributed by atoms with van der Waals surface area (Å²) in [5.41, 5.74) is 5.12. The number of aliphatic hydroxyl groups is 1. The lowest BCUT2D eigenvalue weighted by Crippen LogP contribution is -2.38. The molecule has 96 valence electrons. The maximum Gasteiger partial charge on any atom is 0.403 e. The van der Waals surface area contributed by atoms with E-state index in [0.717, 1.165) is 0 Å². The zero-order chi connectivity index (χ0) is 13.2. The van der Waals surface area contributed by atoms with E-state index in [2.05, 4.69) is 0 Å². The van der Waals surface area contributed by atoms with Gasteiger partial charge in [-0.3, -0.25) is 0 Å². The third-order valence-corrected chi connectivity index (χ3v) is 2.60. The van der Waals surface area contributed by atoms with Crippen molar-refractivity contribution in [1.29, 1.82) is 0 Å². The molecule has 0 bridgehead atoms. The third kappa shape index (κ3) is 4.35. The number of rotatable bonds is 3. The highest BCUT2D eigenvalue weighted by molar-refractivity contribution is 6.34. The molecule has 1 aromatic carbocycles. The monoisotopic (exact) mass is 287 g/mol. The molecule has 0 aliphatic rings. The Morgan fingerprint density at radius 1 is 1.18 bits per heavy atom. The van der Waals surface area contributed by atoms with E-state index in [0.29, 0.717) is 0 Å². The normalized spacial score (nSPS) is 15.7. The molecule has 0 spiro atoms. The Bertz CT molecular complexity index is 377. The van der Waals surface area contributed by atoms with Crippen LogP contribution in [0.1, 0.15) is 18.1 Å². The van der Waals surface area contributed by atoms with Gasteiger partial charge in [0.05, 0.1) is 6.10 Å². The summed E-state index contributed by atoms with van der Waals surface area (Å²) in [7, 11) is 0. The standard InChI is InChI=1S/C10H10Cl2F3NO/c11-6-1-5(2-7(12)3-6)8(17)4-9(16)10(13,14)15/h1-3,8-9,17H,4,16H2/t8-,9+/m0/s1. The first-order chi connectivity index (χ1) is 7.70. The molecule has 0 aliphatic carbocycles. The molecule has 0 fully saturated rings. The van der Waals surface area contributed by atoms with Gasteiger partial charge in [0, 0.05) is 16.5 Å². The topological polar surface area (TPSA) is 46.2 Å². The van der Waals surface area contributed by atoms with Gasteiger partial charge in [-0.25, -0.2) is 0 Å². The highest BCUT2D eigenvalue weighted by Gasteiger charge is 2.37. The van der Waals surface area contributed by atoms with Gasteiger partial charge in [-0.1, -0.05) is 23.2 Å². The van der Waals surface area contributed by atoms with Crippen molar-refractivity contribution >= 4 is 23.2 Å². The summed E-state index contributed by atoms with van der Waals surface area (Å²) in [5.74, 6) is 0. The number of halogens is 5. The van der Waals surface area contributed by atoms with Crippen molar-refractivity contribution in [2.45, 2.75) is 24.7 Å². The van der Waals surface area contributed by atoms with Gasteiger partial charge in [0.1, 0.15) is 6.04 Å². The second-order valence-electron chi connectivity index (χ2n) is 3.60. The van der Waals surface area contributed by atoms with Gasteiger partial charge < -0.3 is 10.8 Å². The van der Waals surface area contributed by atoms with Crippen molar-refractivity contribution in [1.82, 2.24) is 0 Å². The second-order valence-corrected chi connectivity index (χ2v) is 4.48. The van der Waals surface area contributed by atoms with Gasteiger partial charge in [0.15, 0.2) is 0 Å². The molecule has 0 aromatic heterocycles. The minimum Gasteiger partial charge on any atom is -0.388 e. The summed E-state index contributed by atoms with van der Waals surface area (Å²) >= 11 is 11.3. The maximum absolute atomic E-state index is 12.2. The van der Waals surface area contributed by atoms with Crippen molar-refractivity contribution in [3.8, 4) is 0 Å². The molecular weight excluding hydrogens is 278 g/mol. The average Bonchev–Trinajstić information content (AvgIpc) is 2.14. The second kappa shape index (κ2) is 5.44. The largest absolute Gasteiger partial charge is 0.403 e. The maximum atomic E-state index is 12.2. The predicted octanol–water partition coefficient (Wildman–Crippen LogP) is 3.31. The average molecular weight is 288 g/mol. The van der Waals surface area contributed by atoms with Crippen molar-refractivity contribution < 1.29 is 18.3 Å². The smallest absolute Gasteiger partial charge is 0.388 e. The third-order valence-electron chi connectivity index (χ3n) is 2.17. The summed E-state index contributed by atoms with van der Waals surface area (Å²) < 4.78 is 36.6. The molecule has 0 heterocycles. The van der Waals surface area contributed by atoms with E-state index in [-0.39, 0.29) is 15.6 Å². The first-order valence-electron chi connectivity index (χ1n) is 4.66.